The first kappa shape index (κ1) is 18.9. The first-order valence-corrected chi connectivity index (χ1v) is 11.0. The molecule has 2 aromatic rings. The molecule has 2 aliphatic heterocycles. The van der Waals surface area contributed by atoms with Gasteiger partial charge in [0.25, 0.3) is 0 Å². The Morgan fingerprint density at radius 2 is 1.68 bits per heavy atom. The highest BCUT2D eigenvalue weighted by atomic mass is 32.2. The van der Waals surface area contributed by atoms with Crippen molar-refractivity contribution in [3.05, 3.63) is 48.5 Å². The number of benzene rings is 2. The normalized spacial score (nSPS) is 16.9. The molecule has 4 rings (SSSR count). The average molecular weight is 404 g/mol. The van der Waals surface area contributed by atoms with E-state index in [1.54, 1.807) is 22.5 Å². The van der Waals surface area contributed by atoms with Gasteiger partial charge in [0.15, 0.2) is 11.5 Å². The lowest BCUT2D eigenvalue weighted by Gasteiger charge is -2.35. The van der Waals surface area contributed by atoms with Gasteiger partial charge in [-0.3, -0.25) is 0 Å². The zero-order valence-electron chi connectivity index (χ0n) is 15.6. The summed E-state index contributed by atoms with van der Waals surface area (Å²) in [5.41, 5.74) is 1.14. The Balaban J connectivity index is 1.22. The van der Waals surface area contributed by atoms with Crippen molar-refractivity contribution in [3.63, 3.8) is 0 Å². The van der Waals surface area contributed by atoms with Crippen molar-refractivity contribution < 1.29 is 22.6 Å². The van der Waals surface area contributed by atoms with Crippen molar-refractivity contribution >= 4 is 15.7 Å². The van der Waals surface area contributed by atoms with Crippen molar-refractivity contribution in [1.29, 1.82) is 0 Å². The Labute approximate surface area is 165 Å². The van der Waals surface area contributed by atoms with Crippen LogP contribution in [0, 0.1) is 0 Å². The fourth-order valence-corrected chi connectivity index (χ4v) is 4.85. The largest absolute Gasteiger partial charge is 0.493 e. The van der Waals surface area contributed by atoms with Crippen LogP contribution in [0.2, 0.25) is 0 Å². The molecule has 8 heteroatoms. The van der Waals surface area contributed by atoms with Gasteiger partial charge < -0.3 is 19.1 Å². The van der Waals surface area contributed by atoms with Gasteiger partial charge in [0.2, 0.25) is 16.8 Å². The molecule has 2 aliphatic rings. The summed E-state index contributed by atoms with van der Waals surface area (Å²) < 4.78 is 43.0. The van der Waals surface area contributed by atoms with Crippen molar-refractivity contribution in [3.8, 4) is 17.2 Å². The molecule has 0 saturated carbocycles. The van der Waals surface area contributed by atoms with Crippen LogP contribution in [0.15, 0.2) is 48.5 Å². The molecule has 1 fully saturated rings. The van der Waals surface area contributed by atoms with Gasteiger partial charge in [0.1, 0.15) is 5.75 Å². The minimum absolute atomic E-state index is 0.0862. The number of para-hydroxylation sites is 1. The molecule has 0 spiro atoms. The van der Waals surface area contributed by atoms with Gasteiger partial charge in [0.05, 0.1) is 12.4 Å². The second kappa shape index (κ2) is 8.28. The molecule has 2 heterocycles. The van der Waals surface area contributed by atoms with E-state index < -0.39 is 10.0 Å². The quantitative estimate of drug-likeness (QED) is 0.660. The van der Waals surface area contributed by atoms with Crippen molar-refractivity contribution in [2.75, 3.05) is 50.2 Å². The van der Waals surface area contributed by atoms with Crippen molar-refractivity contribution in [2.45, 2.75) is 6.42 Å². The smallest absolute Gasteiger partial charge is 0.231 e. The third-order valence-electron chi connectivity index (χ3n) is 4.91. The number of rotatable bonds is 7. The maximum Gasteiger partial charge on any atom is 0.231 e. The summed E-state index contributed by atoms with van der Waals surface area (Å²) in [6.45, 7) is 2.99. The third kappa shape index (κ3) is 4.34. The minimum atomic E-state index is -3.27. The highest BCUT2D eigenvalue weighted by molar-refractivity contribution is 7.89. The maximum absolute atomic E-state index is 12.6. The van der Waals surface area contributed by atoms with E-state index in [0.29, 0.717) is 56.5 Å². The van der Waals surface area contributed by atoms with Gasteiger partial charge in [-0.2, -0.15) is 4.31 Å². The molecule has 0 amide bonds. The highest BCUT2D eigenvalue weighted by Gasteiger charge is 2.26. The van der Waals surface area contributed by atoms with Gasteiger partial charge in [-0.25, -0.2) is 8.42 Å². The van der Waals surface area contributed by atoms with Crippen LogP contribution in [0.4, 0.5) is 5.69 Å². The van der Waals surface area contributed by atoms with E-state index in [4.69, 9.17) is 14.2 Å². The van der Waals surface area contributed by atoms with Crippen LogP contribution in [0.5, 0.6) is 17.2 Å². The van der Waals surface area contributed by atoms with Crippen LogP contribution in [0.1, 0.15) is 6.42 Å². The summed E-state index contributed by atoms with van der Waals surface area (Å²) in [5.74, 6) is 2.09. The Hall–Kier alpha value is -2.45. The van der Waals surface area contributed by atoms with Gasteiger partial charge in [-0.15, -0.1) is 0 Å². The molecule has 0 bridgehead atoms. The highest BCUT2D eigenvalue weighted by Crippen LogP contribution is 2.35. The zero-order chi connectivity index (χ0) is 19.4. The number of hydrogen-bond donors (Lipinski definition) is 0. The van der Waals surface area contributed by atoms with Crippen LogP contribution in [-0.4, -0.2) is 58.1 Å². The topological polar surface area (TPSA) is 68.3 Å². The molecule has 0 radical (unpaired) electrons. The van der Waals surface area contributed by atoms with Crippen LogP contribution in [0.25, 0.3) is 0 Å². The summed E-state index contributed by atoms with van der Waals surface area (Å²) in [6, 6.07) is 15.4. The zero-order valence-corrected chi connectivity index (χ0v) is 16.4. The minimum Gasteiger partial charge on any atom is -0.493 e. The fourth-order valence-electron chi connectivity index (χ4n) is 3.39. The van der Waals surface area contributed by atoms with Gasteiger partial charge in [-0.1, -0.05) is 18.2 Å². The first-order chi connectivity index (χ1) is 13.6. The van der Waals surface area contributed by atoms with Crippen molar-refractivity contribution in [2.24, 2.45) is 0 Å². The molecule has 7 nitrogen and oxygen atoms in total. The van der Waals surface area contributed by atoms with Gasteiger partial charge in [0, 0.05) is 37.9 Å². The molecular formula is C20H24N2O5S. The Morgan fingerprint density at radius 3 is 2.46 bits per heavy atom. The van der Waals surface area contributed by atoms with Crippen molar-refractivity contribution in [1.82, 2.24) is 4.31 Å². The number of piperazine rings is 1. The Kier molecular flexibility index (Phi) is 5.59. The Morgan fingerprint density at radius 1 is 0.929 bits per heavy atom. The van der Waals surface area contributed by atoms with Crippen LogP contribution >= 0.6 is 0 Å². The Bertz CT molecular complexity index is 896. The maximum atomic E-state index is 12.6. The van der Waals surface area contributed by atoms with E-state index in [9.17, 15) is 8.42 Å². The van der Waals surface area contributed by atoms with Gasteiger partial charge in [-0.05, 0) is 30.7 Å². The van der Waals surface area contributed by atoms with Gasteiger partial charge >= 0.3 is 0 Å². The molecule has 2 aromatic carbocycles. The molecule has 0 N–H and O–H groups in total. The number of hydrogen-bond acceptors (Lipinski definition) is 6. The fraction of sp³-hybridized carbons (Fsp3) is 0.400. The number of nitrogens with zero attached hydrogens (tertiary/aromatic N) is 2. The number of sulfonamides is 1. The van der Waals surface area contributed by atoms with E-state index in [0.717, 1.165) is 5.69 Å². The van der Waals surface area contributed by atoms with Crippen LogP contribution < -0.4 is 19.1 Å². The second-order valence-corrected chi connectivity index (χ2v) is 8.84. The lowest BCUT2D eigenvalue weighted by molar-refractivity contribution is 0.173. The molecule has 150 valence electrons. The summed E-state index contributed by atoms with van der Waals surface area (Å²) in [4.78, 5) is 2.22. The molecule has 0 unspecified atom stereocenters. The predicted molar refractivity (Wildman–Crippen MR) is 107 cm³/mol. The number of ether oxygens (including phenoxy) is 3. The summed E-state index contributed by atoms with van der Waals surface area (Å²) in [5, 5.41) is 0. The summed E-state index contributed by atoms with van der Waals surface area (Å²) in [7, 11) is -3.27. The number of anilines is 1. The summed E-state index contributed by atoms with van der Waals surface area (Å²) >= 11 is 0. The lowest BCUT2D eigenvalue weighted by atomic mass is 10.2. The first-order valence-electron chi connectivity index (χ1n) is 9.42. The van der Waals surface area contributed by atoms with Crippen LogP contribution in [0.3, 0.4) is 0 Å². The van der Waals surface area contributed by atoms with E-state index >= 15 is 0 Å². The lowest BCUT2D eigenvalue weighted by Crippen LogP contribution is -2.49. The average Bonchev–Trinajstić information content (AvgIpc) is 3.20. The van der Waals surface area contributed by atoms with Crippen LogP contribution in [-0.2, 0) is 10.0 Å². The second-order valence-electron chi connectivity index (χ2n) is 6.75. The van der Waals surface area contributed by atoms with E-state index in [2.05, 4.69) is 17.0 Å². The predicted octanol–water partition coefficient (Wildman–Crippen LogP) is 2.34. The monoisotopic (exact) mass is 404 g/mol. The van der Waals surface area contributed by atoms with E-state index in [1.807, 2.05) is 18.2 Å². The molecule has 0 aromatic heterocycles. The standard InChI is InChI=1S/C20H24N2O5S/c23-28(24,22-11-9-21(10-12-22)17-5-2-1-3-6-17)14-4-13-25-18-7-8-19-20(15-18)27-16-26-19/h1-3,5-8,15H,4,9-14,16H2. The molecule has 1 saturated heterocycles. The molecule has 0 atom stereocenters. The third-order valence-corrected chi connectivity index (χ3v) is 6.87. The molecule has 0 aliphatic carbocycles. The number of fused-ring (bicyclic) bond motifs is 1. The summed E-state index contributed by atoms with van der Waals surface area (Å²) in [6.07, 6.45) is 0.440. The molecular weight excluding hydrogens is 380 g/mol. The van der Waals surface area contributed by atoms with E-state index in [1.165, 1.54) is 0 Å². The van der Waals surface area contributed by atoms with E-state index in [-0.39, 0.29) is 12.5 Å². The SMILES string of the molecule is O=S(=O)(CCCOc1ccc2c(c1)OCO2)N1CCN(c2ccccc2)CC1. The molecule has 28 heavy (non-hydrogen) atoms.